The molecule has 4 aromatic rings. The number of hydrogen-bond donors (Lipinski definition) is 2. The molecule has 1 saturated heterocycles. The first-order valence-electron chi connectivity index (χ1n) is 11.4. The first-order valence-corrected chi connectivity index (χ1v) is 11.4. The van der Waals surface area contributed by atoms with Gasteiger partial charge in [-0.15, -0.1) is 0 Å². The normalized spacial score (nSPS) is 17.5. The highest BCUT2D eigenvalue weighted by atomic mass is 19.1. The summed E-state index contributed by atoms with van der Waals surface area (Å²) in [5.41, 5.74) is 4.37. The van der Waals surface area contributed by atoms with Gasteiger partial charge in [0, 0.05) is 37.3 Å². The average molecular weight is 437 g/mol. The summed E-state index contributed by atoms with van der Waals surface area (Å²) in [7, 11) is 0. The number of nitrogens with one attached hydrogen (secondary N) is 2. The van der Waals surface area contributed by atoms with Crippen molar-refractivity contribution in [2.24, 2.45) is 0 Å². The van der Waals surface area contributed by atoms with Crippen molar-refractivity contribution in [3.8, 4) is 11.5 Å². The van der Waals surface area contributed by atoms with E-state index in [1.165, 1.54) is 12.1 Å². The van der Waals surface area contributed by atoms with E-state index in [1.807, 2.05) is 6.07 Å². The number of halogens is 1. The van der Waals surface area contributed by atoms with Crippen molar-refractivity contribution in [3.05, 3.63) is 42.2 Å². The Bertz CT molecular complexity index is 1210. The number of benzene rings is 2. The number of H-pyrrole nitrogens is 2. The van der Waals surface area contributed by atoms with Crippen LogP contribution in [-0.4, -0.2) is 70.5 Å². The molecule has 168 valence electrons. The molecule has 2 aromatic heterocycles. The molecule has 0 radical (unpaired) electrons. The van der Waals surface area contributed by atoms with E-state index in [-0.39, 0.29) is 11.9 Å². The van der Waals surface area contributed by atoms with Gasteiger partial charge in [0.2, 0.25) is 0 Å². The molecule has 0 bridgehead atoms. The molecular formula is C24H29FN6O. The van der Waals surface area contributed by atoms with E-state index in [9.17, 15) is 4.39 Å². The molecule has 1 aliphatic heterocycles. The van der Waals surface area contributed by atoms with Gasteiger partial charge in [-0.3, -0.25) is 5.10 Å². The Labute approximate surface area is 186 Å². The van der Waals surface area contributed by atoms with E-state index < -0.39 is 0 Å². The summed E-state index contributed by atoms with van der Waals surface area (Å²) in [6.07, 6.45) is 1.20. The van der Waals surface area contributed by atoms with Crippen LogP contribution in [0.3, 0.4) is 0 Å². The van der Waals surface area contributed by atoms with Gasteiger partial charge >= 0.3 is 0 Å². The number of imidazole rings is 1. The minimum absolute atomic E-state index is 0.191. The second-order valence-electron chi connectivity index (χ2n) is 8.33. The van der Waals surface area contributed by atoms with Crippen LogP contribution >= 0.6 is 0 Å². The van der Waals surface area contributed by atoms with E-state index in [2.05, 4.69) is 51.0 Å². The minimum atomic E-state index is -0.291. The van der Waals surface area contributed by atoms with Crippen molar-refractivity contribution in [1.82, 2.24) is 25.1 Å². The van der Waals surface area contributed by atoms with Crippen molar-refractivity contribution in [2.75, 3.05) is 44.2 Å². The zero-order valence-corrected chi connectivity index (χ0v) is 18.6. The zero-order valence-electron chi connectivity index (χ0n) is 18.6. The Kier molecular flexibility index (Phi) is 5.80. The molecule has 0 spiro atoms. The molecule has 0 saturated carbocycles. The molecule has 8 heteroatoms. The summed E-state index contributed by atoms with van der Waals surface area (Å²) in [6, 6.07) is 10.9. The second-order valence-corrected chi connectivity index (χ2v) is 8.33. The van der Waals surface area contributed by atoms with Crippen LogP contribution in [0.5, 0.6) is 0 Å². The minimum Gasteiger partial charge on any atom is -0.375 e. The van der Waals surface area contributed by atoms with Crippen molar-refractivity contribution in [3.63, 3.8) is 0 Å². The summed E-state index contributed by atoms with van der Waals surface area (Å²) in [5, 5.41) is 8.03. The molecule has 1 aliphatic rings. The molecule has 32 heavy (non-hydrogen) atoms. The van der Waals surface area contributed by atoms with Crippen LogP contribution in [0.15, 0.2) is 36.4 Å². The first-order chi connectivity index (χ1) is 15.6. The lowest BCUT2D eigenvalue weighted by Crippen LogP contribution is -2.40. The third-order valence-corrected chi connectivity index (χ3v) is 6.29. The Morgan fingerprint density at radius 3 is 2.88 bits per heavy atom. The fourth-order valence-corrected chi connectivity index (χ4v) is 4.48. The number of likely N-dealkylation sites (N-methyl/N-ethyl adjacent to an activating group) is 1. The monoisotopic (exact) mass is 436 g/mol. The standard InChI is InChI=1S/C24H29FN6O/c1-3-30(4-2)14-18-15-31(10-5-11-32-18)17-7-9-21-22(13-17)27-24(26-21)23-19-12-16(25)6-8-20(19)28-29-23/h6-9,12-13,18H,3-5,10-11,14-15H2,1-2H3,(H,26,27)(H,28,29). The summed E-state index contributed by atoms with van der Waals surface area (Å²) < 4.78 is 19.9. The number of hydrogen-bond acceptors (Lipinski definition) is 5. The van der Waals surface area contributed by atoms with E-state index in [1.54, 1.807) is 6.07 Å². The molecule has 0 aliphatic carbocycles. The summed E-state index contributed by atoms with van der Waals surface area (Å²) in [5.74, 6) is 0.341. The van der Waals surface area contributed by atoms with Crippen molar-refractivity contribution in [2.45, 2.75) is 26.4 Å². The lowest BCUT2D eigenvalue weighted by atomic mass is 10.2. The Balaban J connectivity index is 1.42. The van der Waals surface area contributed by atoms with Crippen LogP contribution in [0.25, 0.3) is 33.5 Å². The maximum Gasteiger partial charge on any atom is 0.159 e. The van der Waals surface area contributed by atoms with Gasteiger partial charge in [-0.1, -0.05) is 13.8 Å². The average Bonchev–Trinajstić information content (AvgIpc) is 3.33. The van der Waals surface area contributed by atoms with Crippen LogP contribution in [0.1, 0.15) is 20.3 Å². The third-order valence-electron chi connectivity index (χ3n) is 6.29. The topological polar surface area (TPSA) is 73.1 Å². The van der Waals surface area contributed by atoms with Gasteiger partial charge in [-0.05, 0) is 55.9 Å². The SMILES string of the molecule is CCN(CC)CC1CN(c2ccc3nc(-c4n[nH]c5ccc(F)cc45)[nH]c3c2)CCCO1. The van der Waals surface area contributed by atoms with Crippen LogP contribution in [-0.2, 0) is 4.74 Å². The van der Waals surface area contributed by atoms with Gasteiger partial charge in [0.1, 0.15) is 11.5 Å². The van der Waals surface area contributed by atoms with Crippen LogP contribution in [0, 0.1) is 5.82 Å². The van der Waals surface area contributed by atoms with Gasteiger partial charge in [-0.2, -0.15) is 5.10 Å². The smallest absolute Gasteiger partial charge is 0.159 e. The molecule has 7 nitrogen and oxygen atoms in total. The third kappa shape index (κ3) is 4.08. The maximum atomic E-state index is 13.8. The summed E-state index contributed by atoms with van der Waals surface area (Å²) in [6.45, 7) is 10.0. The molecule has 2 N–H and O–H groups in total. The number of nitrogens with zero attached hydrogens (tertiary/aromatic N) is 4. The summed E-state index contributed by atoms with van der Waals surface area (Å²) in [4.78, 5) is 12.9. The first kappa shape index (κ1) is 20.9. The number of ether oxygens (including phenoxy) is 1. The lowest BCUT2D eigenvalue weighted by molar-refractivity contribution is 0.0420. The molecule has 0 amide bonds. The second kappa shape index (κ2) is 8.88. The quantitative estimate of drug-likeness (QED) is 0.474. The Morgan fingerprint density at radius 2 is 2.03 bits per heavy atom. The highest BCUT2D eigenvalue weighted by Crippen LogP contribution is 2.29. The fourth-order valence-electron chi connectivity index (χ4n) is 4.48. The van der Waals surface area contributed by atoms with Crippen LogP contribution in [0.2, 0.25) is 0 Å². The highest BCUT2D eigenvalue weighted by molar-refractivity contribution is 5.93. The largest absolute Gasteiger partial charge is 0.375 e. The molecule has 3 heterocycles. The summed E-state index contributed by atoms with van der Waals surface area (Å²) >= 11 is 0. The number of aromatic nitrogens is 4. The van der Waals surface area contributed by atoms with E-state index in [0.717, 1.165) is 68.0 Å². The van der Waals surface area contributed by atoms with Crippen molar-refractivity contribution < 1.29 is 9.13 Å². The molecule has 1 fully saturated rings. The predicted octanol–water partition coefficient (Wildman–Crippen LogP) is 4.18. The highest BCUT2D eigenvalue weighted by Gasteiger charge is 2.21. The molecule has 1 atom stereocenters. The van der Waals surface area contributed by atoms with E-state index in [0.29, 0.717) is 16.9 Å². The number of aromatic amines is 2. The Hall–Kier alpha value is -2.97. The van der Waals surface area contributed by atoms with Crippen molar-refractivity contribution in [1.29, 1.82) is 0 Å². The van der Waals surface area contributed by atoms with Gasteiger partial charge in [-0.25, -0.2) is 9.37 Å². The van der Waals surface area contributed by atoms with Gasteiger partial charge < -0.3 is 19.5 Å². The van der Waals surface area contributed by atoms with E-state index >= 15 is 0 Å². The molecule has 2 aromatic carbocycles. The molecule has 1 unspecified atom stereocenters. The van der Waals surface area contributed by atoms with Crippen LogP contribution in [0.4, 0.5) is 10.1 Å². The molecule has 5 rings (SSSR count). The van der Waals surface area contributed by atoms with Crippen molar-refractivity contribution >= 4 is 27.6 Å². The number of anilines is 1. The van der Waals surface area contributed by atoms with Crippen LogP contribution < -0.4 is 4.90 Å². The van der Waals surface area contributed by atoms with Gasteiger partial charge in [0.05, 0.1) is 22.7 Å². The molecular weight excluding hydrogens is 407 g/mol. The fraction of sp³-hybridized carbons (Fsp3) is 0.417. The predicted molar refractivity (Wildman–Crippen MR) is 125 cm³/mol. The number of rotatable bonds is 6. The Morgan fingerprint density at radius 1 is 1.16 bits per heavy atom. The van der Waals surface area contributed by atoms with Gasteiger partial charge in [0.15, 0.2) is 5.82 Å². The van der Waals surface area contributed by atoms with Gasteiger partial charge in [0.25, 0.3) is 0 Å². The maximum absolute atomic E-state index is 13.8. The lowest BCUT2D eigenvalue weighted by Gasteiger charge is -2.29. The van der Waals surface area contributed by atoms with E-state index in [4.69, 9.17) is 9.72 Å². The zero-order chi connectivity index (χ0) is 22.1. The number of fused-ring (bicyclic) bond motifs is 2.